The third-order valence-electron chi connectivity index (χ3n) is 6.26. The summed E-state index contributed by atoms with van der Waals surface area (Å²) in [7, 11) is 0. The first-order valence-electron chi connectivity index (χ1n) is 11.1. The van der Waals surface area contributed by atoms with E-state index in [0.29, 0.717) is 16.5 Å². The molecule has 0 bridgehead atoms. The second kappa shape index (κ2) is 9.51. The number of halogens is 4. The number of hydrogen-bond donors (Lipinski definition) is 2. The van der Waals surface area contributed by atoms with Gasteiger partial charge in [-0.3, -0.25) is 24.0 Å². The van der Waals surface area contributed by atoms with Crippen molar-refractivity contribution in [2.45, 2.75) is 31.2 Å². The molecule has 37 heavy (non-hydrogen) atoms. The highest BCUT2D eigenvalue weighted by molar-refractivity contribution is 8.18. The van der Waals surface area contributed by atoms with Crippen molar-refractivity contribution in [3.8, 4) is 0 Å². The molecule has 5 rings (SSSR count). The van der Waals surface area contributed by atoms with Crippen molar-refractivity contribution in [1.29, 1.82) is 0 Å². The Balaban J connectivity index is 1.37. The average molecular weight is 551 g/mol. The third kappa shape index (κ3) is 4.96. The zero-order valence-electron chi connectivity index (χ0n) is 18.8. The zero-order chi connectivity index (χ0) is 26.5. The molecule has 3 aromatic rings. The number of carboxylic acids is 1. The second-order valence-electron chi connectivity index (χ2n) is 8.66. The first-order valence-corrected chi connectivity index (χ1v) is 12.2. The molecule has 0 radical (unpaired) electrons. The molecule has 2 N–H and O–H groups in total. The summed E-state index contributed by atoms with van der Waals surface area (Å²) in [5.74, 6) is -1.53. The van der Waals surface area contributed by atoms with Crippen LogP contribution in [0.25, 0.3) is 17.0 Å². The van der Waals surface area contributed by atoms with Crippen LogP contribution in [0, 0.1) is 0 Å². The SMILES string of the molecule is O=C(O)[C@@H]1C[C@@H](N2C(=O)SC(=Cc3ccc4c(cnn4Cc4ccc(Cl)cc4C(F)(F)F)c3)C2=O)CN1. The van der Waals surface area contributed by atoms with Crippen LogP contribution >= 0.6 is 23.4 Å². The van der Waals surface area contributed by atoms with Crippen LogP contribution < -0.4 is 5.32 Å². The number of nitrogens with zero attached hydrogens (tertiary/aromatic N) is 3. The number of rotatable bonds is 5. The van der Waals surface area contributed by atoms with Gasteiger partial charge in [0.1, 0.15) is 6.04 Å². The quantitative estimate of drug-likeness (QED) is 0.447. The van der Waals surface area contributed by atoms with Crippen LogP contribution in [-0.4, -0.2) is 55.5 Å². The standard InChI is InChI=1S/C24H18ClF3N4O4S/c25-15-3-2-13(17(7-15)24(26,27)28)11-31-19-4-1-12(5-14(19)9-30-31)6-20-21(33)32(23(36)37-20)16-8-18(22(34)35)29-10-16/h1-7,9,16,18,29H,8,10-11H2,(H,34,35)/t16-,18+/m1/s1. The van der Waals surface area contributed by atoms with Crippen molar-refractivity contribution in [3.05, 3.63) is 69.2 Å². The summed E-state index contributed by atoms with van der Waals surface area (Å²) in [6, 6.07) is 7.32. The predicted octanol–water partition coefficient (Wildman–Crippen LogP) is 4.61. The fourth-order valence-electron chi connectivity index (χ4n) is 4.48. The van der Waals surface area contributed by atoms with E-state index in [2.05, 4.69) is 10.4 Å². The number of benzene rings is 2. The first-order chi connectivity index (χ1) is 17.5. The summed E-state index contributed by atoms with van der Waals surface area (Å²) in [5, 5.41) is 16.3. The number of fused-ring (bicyclic) bond motifs is 1. The van der Waals surface area contributed by atoms with Gasteiger partial charge in [-0.05, 0) is 59.7 Å². The Labute approximate surface area is 217 Å². The minimum atomic E-state index is -4.57. The number of alkyl halides is 3. The molecular formula is C24H18ClF3N4O4S. The Morgan fingerprint density at radius 1 is 1.24 bits per heavy atom. The molecule has 2 atom stereocenters. The molecule has 0 unspecified atom stereocenters. The van der Waals surface area contributed by atoms with Gasteiger partial charge in [-0.15, -0.1) is 0 Å². The predicted molar refractivity (Wildman–Crippen MR) is 131 cm³/mol. The van der Waals surface area contributed by atoms with Crippen LogP contribution in [0.15, 0.2) is 47.5 Å². The van der Waals surface area contributed by atoms with Gasteiger partial charge in [0.25, 0.3) is 11.1 Å². The highest BCUT2D eigenvalue weighted by atomic mass is 35.5. The molecule has 2 aliphatic heterocycles. The highest BCUT2D eigenvalue weighted by Gasteiger charge is 2.44. The number of amides is 2. The van der Waals surface area contributed by atoms with Gasteiger partial charge in [-0.25, -0.2) is 0 Å². The van der Waals surface area contributed by atoms with Gasteiger partial charge in [0.05, 0.1) is 34.8 Å². The number of hydrogen-bond acceptors (Lipinski definition) is 6. The minimum absolute atomic E-state index is 0.0126. The van der Waals surface area contributed by atoms with Gasteiger partial charge in [0, 0.05) is 17.0 Å². The van der Waals surface area contributed by atoms with Crippen LogP contribution in [0.5, 0.6) is 0 Å². The number of nitrogens with one attached hydrogen (secondary N) is 1. The number of aliphatic carboxylic acids is 1. The Morgan fingerprint density at radius 2 is 2.03 bits per heavy atom. The molecule has 192 valence electrons. The number of carbonyl (C=O) groups excluding carboxylic acids is 2. The van der Waals surface area contributed by atoms with Gasteiger partial charge >= 0.3 is 12.1 Å². The lowest BCUT2D eigenvalue weighted by molar-refractivity contribution is -0.139. The maximum Gasteiger partial charge on any atom is 0.416 e. The summed E-state index contributed by atoms with van der Waals surface area (Å²) < 4.78 is 41.9. The zero-order valence-corrected chi connectivity index (χ0v) is 20.4. The summed E-state index contributed by atoms with van der Waals surface area (Å²) in [6.45, 7) is 0.0810. The number of thioether (sulfide) groups is 1. The molecule has 2 aromatic carbocycles. The van der Waals surface area contributed by atoms with Crippen LogP contribution in [-0.2, 0) is 22.3 Å². The Kier molecular flexibility index (Phi) is 6.50. The van der Waals surface area contributed by atoms with E-state index < -0.39 is 40.9 Å². The van der Waals surface area contributed by atoms with Gasteiger partial charge in [-0.1, -0.05) is 23.7 Å². The van der Waals surface area contributed by atoms with Crippen LogP contribution in [0.3, 0.4) is 0 Å². The van der Waals surface area contributed by atoms with E-state index in [4.69, 9.17) is 16.7 Å². The molecule has 3 heterocycles. The van der Waals surface area contributed by atoms with Crippen molar-refractivity contribution >= 4 is 57.5 Å². The van der Waals surface area contributed by atoms with E-state index in [1.165, 1.54) is 23.0 Å². The smallest absolute Gasteiger partial charge is 0.416 e. The third-order valence-corrected chi connectivity index (χ3v) is 7.37. The molecule has 2 fully saturated rings. The van der Waals surface area contributed by atoms with Gasteiger partial charge in [-0.2, -0.15) is 18.3 Å². The lowest BCUT2D eigenvalue weighted by Gasteiger charge is -2.19. The van der Waals surface area contributed by atoms with Gasteiger partial charge in [0.15, 0.2) is 0 Å². The van der Waals surface area contributed by atoms with Gasteiger partial charge in [0.2, 0.25) is 0 Å². The van der Waals surface area contributed by atoms with Crippen molar-refractivity contribution in [3.63, 3.8) is 0 Å². The molecule has 2 saturated heterocycles. The molecule has 0 saturated carbocycles. The Morgan fingerprint density at radius 3 is 2.73 bits per heavy atom. The van der Waals surface area contributed by atoms with Crippen molar-refractivity contribution in [1.82, 2.24) is 20.0 Å². The molecule has 13 heteroatoms. The maximum absolute atomic E-state index is 13.5. The van der Waals surface area contributed by atoms with Crippen LogP contribution in [0.2, 0.25) is 5.02 Å². The number of carboxylic acid groups (broad SMARTS) is 1. The lowest BCUT2D eigenvalue weighted by Crippen LogP contribution is -2.39. The second-order valence-corrected chi connectivity index (χ2v) is 10.1. The van der Waals surface area contributed by atoms with Gasteiger partial charge < -0.3 is 10.4 Å². The van der Waals surface area contributed by atoms with Crippen molar-refractivity contribution in [2.75, 3.05) is 6.54 Å². The Bertz CT molecular complexity index is 1470. The molecular weight excluding hydrogens is 533 g/mol. The average Bonchev–Trinajstić information content (AvgIpc) is 3.53. The number of imide groups is 1. The molecule has 8 nitrogen and oxygen atoms in total. The molecule has 1 aromatic heterocycles. The van der Waals surface area contributed by atoms with Crippen molar-refractivity contribution < 1.29 is 32.7 Å². The number of carbonyl (C=O) groups is 3. The van der Waals surface area contributed by atoms with E-state index in [1.54, 1.807) is 24.3 Å². The maximum atomic E-state index is 13.5. The molecule has 0 aliphatic carbocycles. The highest BCUT2D eigenvalue weighted by Crippen LogP contribution is 2.36. The largest absolute Gasteiger partial charge is 0.480 e. The lowest BCUT2D eigenvalue weighted by atomic mass is 10.1. The van der Waals surface area contributed by atoms with E-state index in [1.807, 2.05) is 0 Å². The molecule has 2 aliphatic rings. The Hall–Kier alpha value is -3.35. The van der Waals surface area contributed by atoms with E-state index >= 15 is 0 Å². The summed E-state index contributed by atoms with van der Waals surface area (Å²) in [4.78, 5) is 37.9. The summed E-state index contributed by atoms with van der Waals surface area (Å²) in [5.41, 5.74) is 0.382. The summed E-state index contributed by atoms with van der Waals surface area (Å²) >= 11 is 6.54. The van der Waals surface area contributed by atoms with E-state index in [-0.39, 0.29) is 35.0 Å². The first kappa shape index (κ1) is 25.3. The van der Waals surface area contributed by atoms with Crippen molar-refractivity contribution in [2.24, 2.45) is 0 Å². The normalized spacial score (nSPS) is 21.5. The fourth-order valence-corrected chi connectivity index (χ4v) is 5.55. The molecule has 2 amide bonds. The van der Waals surface area contributed by atoms with Crippen LogP contribution in [0.4, 0.5) is 18.0 Å². The fraction of sp³-hybridized carbons (Fsp3) is 0.250. The molecule has 0 spiro atoms. The summed E-state index contributed by atoms with van der Waals surface area (Å²) in [6.07, 6.45) is -1.37. The van der Waals surface area contributed by atoms with E-state index in [0.717, 1.165) is 22.7 Å². The minimum Gasteiger partial charge on any atom is -0.480 e. The topological polar surface area (TPSA) is 105 Å². The van der Waals surface area contributed by atoms with Crippen LogP contribution in [0.1, 0.15) is 23.1 Å². The number of aromatic nitrogens is 2. The monoisotopic (exact) mass is 550 g/mol. The van der Waals surface area contributed by atoms with E-state index in [9.17, 15) is 27.6 Å².